The first-order valence-corrected chi connectivity index (χ1v) is 11.9. The lowest BCUT2D eigenvalue weighted by Crippen LogP contribution is -2.42. The second-order valence-electron chi connectivity index (χ2n) is 7.73. The van der Waals surface area contributed by atoms with Crippen LogP contribution in [0.25, 0.3) is 5.52 Å². The summed E-state index contributed by atoms with van der Waals surface area (Å²) in [6, 6.07) is 7.57. The summed E-state index contributed by atoms with van der Waals surface area (Å²) in [7, 11) is 0. The van der Waals surface area contributed by atoms with Gasteiger partial charge < -0.3 is 20.1 Å². The predicted octanol–water partition coefficient (Wildman–Crippen LogP) is 5.42. The van der Waals surface area contributed by atoms with E-state index in [1.165, 1.54) is 34.9 Å². The molecule has 0 spiro atoms. The minimum atomic E-state index is -4.90. The number of carbonyl (C=O) groups excluding carboxylic acids is 1. The number of primary amides is 1. The number of hydrogen-bond acceptors (Lipinski definition) is 5. The zero-order chi connectivity index (χ0) is 25.7. The number of aromatic nitrogens is 1. The Morgan fingerprint density at radius 3 is 2.43 bits per heavy atom. The fourth-order valence-electron chi connectivity index (χ4n) is 4.10. The van der Waals surface area contributed by atoms with Crippen LogP contribution in [-0.2, 0) is 15.2 Å². The van der Waals surface area contributed by atoms with Crippen molar-refractivity contribution < 1.29 is 32.7 Å². The van der Waals surface area contributed by atoms with Crippen LogP contribution in [0.15, 0.2) is 47.8 Å². The number of carboxylic acids is 1. The number of alkyl halides is 3. The number of thioether (sulfide) groups is 1. The van der Waals surface area contributed by atoms with Crippen molar-refractivity contribution in [3.05, 3.63) is 75.0 Å². The molecular weight excluding hydrogens is 530 g/mol. The van der Waals surface area contributed by atoms with Crippen LogP contribution in [0.2, 0.25) is 10.0 Å². The zero-order valence-electron chi connectivity index (χ0n) is 17.8. The van der Waals surface area contributed by atoms with Crippen LogP contribution in [-0.4, -0.2) is 39.5 Å². The van der Waals surface area contributed by atoms with Gasteiger partial charge in [0.1, 0.15) is 11.0 Å². The number of benzene rings is 1. The van der Waals surface area contributed by atoms with Gasteiger partial charge in [-0.25, -0.2) is 4.79 Å². The maximum atomic E-state index is 14.4. The minimum absolute atomic E-state index is 0.00835. The quantitative estimate of drug-likeness (QED) is 0.430. The molecule has 1 aromatic carbocycles. The Hall–Kier alpha value is -2.89. The van der Waals surface area contributed by atoms with Crippen LogP contribution < -0.4 is 5.73 Å². The number of rotatable bonds is 6. The molecule has 35 heavy (non-hydrogen) atoms. The first-order chi connectivity index (χ1) is 16.4. The third-order valence-corrected chi connectivity index (χ3v) is 7.05. The van der Waals surface area contributed by atoms with Crippen LogP contribution in [0, 0.1) is 0 Å². The van der Waals surface area contributed by atoms with E-state index < -0.39 is 35.3 Å². The second kappa shape index (κ2) is 8.96. The van der Waals surface area contributed by atoms with Gasteiger partial charge in [-0.05, 0) is 42.7 Å². The van der Waals surface area contributed by atoms with E-state index in [-0.39, 0.29) is 38.1 Å². The number of halogens is 5. The predicted molar refractivity (Wildman–Crippen MR) is 126 cm³/mol. The van der Waals surface area contributed by atoms with E-state index in [0.717, 1.165) is 23.9 Å². The van der Waals surface area contributed by atoms with Gasteiger partial charge in [0.15, 0.2) is 0 Å². The number of pyridine rings is 1. The van der Waals surface area contributed by atoms with Crippen molar-refractivity contribution >= 4 is 58.1 Å². The lowest BCUT2D eigenvalue weighted by atomic mass is 9.87. The third-order valence-electron chi connectivity index (χ3n) is 5.66. The molecule has 1 amide bonds. The third kappa shape index (κ3) is 4.21. The maximum absolute atomic E-state index is 14.4. The first-order valence-electron chi connectivity index (χ1n) is 9.87. The van der Waals surface area contributed by atoms with Crippen molar-refractivity contribution in [2.24, 2.45) is 10.9 Å². The molecule has 0 radical (unpaired) electrons. The number of fused-ring (bicyclic) bond motifs is 1. The summed E-state index contributed by atoms with van der Waals surface area (Å²) in [5, 5.41) is 12.5. The summed E-state index contributed by atoms with van der Waals surface area (Å²) >= 11 is 13.0. The van der Waals surface area contributed by atoms with Gasteiger partial charge in [0, 0.05) is 27.4 Å². The standard InChI is InChI=1S/C22H16Cl2F3N3O4S/c1-35-18(19(28)31)13-4-5-30-16(3-2-14(17(13)30)20(32)33)15-9-21(34-29-15,22(25,26)27)10-6-11(23)8-12(24)7-10/h2-8,18H,9H2,1H3,(H2,28,31)(H,32,33). The van der Waals surface area contributed by atoms with Crippen molar-refractivity contribution in [1.29, 1.82) is 0 Å². The van der Waals surface area contributed by atoms with Crippen molar-refractivity contribution in [2.75, 3.05) is 6.26 Å². The number of amides is 1. The van der Waals surface area contributed by atoms with Gasteiger partial charge >= 0.3 is 12.1 Å². The summed E-state index contributed by atoms with van der Waals surface area (Å²) in [6.45, 7) is 0. The Bertz CT molecular complexity index is 1370. The lowest BCUT2D eigenvalue weighted by Gasteiger charge is -2.29. The van der Waals surface area contributed by atoms with Crippen molar-refractivity contribution in [1.82, 2.24) is 4.40 Å². The van der Waals surface area contributed by atoms with Crippen molar-refractivity contribution in [3.8, 4) is 0 Å². The molecule has 0 saturated carbocycles. The number of hydrogen-bond donors (Lipinski definition) is 2. The molecule has 13 heteroatoms. The van der Waals surface area contributed by atoms with E-state index in [1.807, 2.05) is 0 Å². The summed E-state index contributed by atoms with van der Waals surface area (Å²) in [5.41, 5.74) is 2.62. The molecule has 1 aliphatic heterocycles. The van der Waals surface area contributed by atoms with Gasteiger partial charge in [-0.15, -0.1) is 11.8 Å². The Labute approximate surface area is 210 Å². The first kappa shape index (κ1) is 25.2. The van der Waals surface area contributed by atoms with Gasteiger partial charge in [0.25, 0.3) is 5.60 Å². The highest BCUT2D eigenvalue weighted by molar-refractivity contribution is 7.99. The van der Waals surface area contributed by atoms with Crippen LogP contribution in [0.4, 0.5) is 13.2 Å². The zero-order valence-corrected chi connectivity index (χ0v) is 20.1. The summed E-state index contributed by atoms with van der Waals surface area (Å²) in [6.07, 6.45) is -2.55. The minimum Gasteiger partial charge on any atom is -0.478 e. The van der Waals surface area contributed by atoms with E-state index >= 15 is 0 Å². The van der Waals surface area contributed by atoms with Crippen LogP contribution in [0.1, 0.15) is 38.8 Å². The Morgan fingerprint density at radius 2 is 1.89 bits per heavy atom. The molecule has 3 aromatic rings. The summed E-state index contributed by atoms with van der Waals surface area (Å²) < 4.78 is 44.4. The van der Waals surface area contributed by atoms with E-state index in [4.69, 9.17) is 33.8 Å². The fourth-order valence-corrected chi connectivity index (χ4v) is 5.30. The van der Waals surface area contributed by atoms with Crippen LogP contribution >= 0.6 is 35.0 Å². The molecule has 3 N–H and O–H groups in total. The number of carbonyl (C=O) groups is 2. The van der Waals surface area contributed by atoms with Crippen molar-refractivity contribution in [2.45, 2.75) is 23.4 Å². The van der Waals surface area contributed by atoms with Crippen LogP contribution in [0.3, 0.4) is 0 Å². The Balaban J connectivity index is 1.88. The summed E-state index contributed by atoms with van der Waals surface area (Å²) in [5.74, 6) is -1.98. The number of carboxylic acid groups (broad SMARTS) is 1. The maximum Gasteiger partial charge on any atom is 0.435 e. The molecule has 0 saturated heterocycles. The molecule has 2 atom stereocenters. The van der Waals surface area contributed by atoms with Crippen molar-refractivity contribution in [3.63, 3.8) is 0 Å². The Morgan fingerprint density at radius 1 is 1.23 bits per heavy atom. The molecule has 0 aliphatic carbocycles. The van der Waals surface area contributed by atoms with E-state index in [0.29, 0.717) is 5.56 Å². The van der Waals surface area contributed by atoms with Gasteiger partial charge in [0.05, 0.1) is 23.2 Å². The van der Waals surface area contributed by atoms with Gasteiger partial charge in [0.2, 0.25) is 5.91 Å². The molecule has 1 aliphatic rings. The SMILES string of the molecule is CSC(C(N)=O)c1ccn2c(C3=NOC(c4cc(Cl)cc(Cl)c4)(C(F)(F)F)C3)ccc(C(=O)O)c12. The highest BCUT2D eigenvalue weighted by Crippen LogP contribution is 2.50. The molecule has 0 bridgehead atoms. The highest BCUT2D eigenvalue weighted by atomic mass is 35.5. The smallest absolute Gasteiger partial charge is 0.435 e. The van der Waals surface area contributed by atoms with Gasteiger partial charge in [-0.3, -0.25) is 4.79 Å². The average Bonchev–Trinajstić information content (AvgIpc) is 3.39. The lowest BCUT2D eigenvalue weighted by molar-refractivity contribution is -0.275. The molecule has 7 nitrogen and oxygen atoms in total. The number of nitrogens with zero attached hydrogens (tertiary/aromatic N) is 2. The molecule has 3 heterocycles. The molecule has 0 fully saturated rings. The van der Waals surface area contributed by atoms with E-state index in [2.05, 4.69) is 5.16 Å². The monoisotopic (exact) mass is 545 g/mol. The Kier molecular flexibility index (Phi) is 6.45. The summed E-state index contributed by atoms with van der Waals surface area (Å²) in [4.78, 5) is 28.9. The highest BCUT2D eigenvalue weighted by Gasteiger charge is 2.62. The fraction of sp³-hybridized carbons (Fsp3) is 0.227. The van der Waals surface area contributed by atoms with E-state index in [9.17, 15) is 27.9 Å². The number of nitrogens with two attached hydrogens (primary N) is 1. The van der Waals surface area contributed by atoms with Gasteiger partial charge in [-0.2, -0.15) is 13.2 Å². The number of aromatic carboxylic acids is 1. The second-order valence-corrected chi connectivity index (χ2v) is 9.55. The topological polar surface area (TPSA) is 106 Å². The molecule has 4 rings (SSSR count). The van der Waals surface area contributed by atoms with Gasteiger partial charge in [-0.1, -0.05) is 28.4 Å². The molecular formula is C22H16Cl2F3N3O4S. The van der Waals surface area contributed by atoms with E-state index in [1.54, 1.807) is 6.26 Å². The normalized spacial score (nSPS) is 18.9. The largest absolute Gasteiger partial charge is 0.478 e. The molecule has 2 aromatic heterocycles. The molecule has 2 unspecified atom stereocenters. The average molecular weight is 546 g/mol. The molecule has 184 valence electrons. The van der Waals surface area contributed by atoms with Crippen LogP contribution in [0.5, 0.6) is 0 Å². The number of oxime groups is 1.